The Labute approximate surface area is 251 Å². The first-order valence-electron chi connectivity index (χ1n) is 15.1. The third-order valence-electron chi connectivity index (χ3n) is 8.66. The van der Waals surface area contributed by atoms with Crippen LogP contribution < -0.4 is 9.62 Å². The van der Waals surface area contributed by atoms with Gasteiger partial charge in [0.15, 0.2) is 0 Å². The van der Waals surface area contributed by atoms with E-state index in [9.17, 15) is 4.79 Å². The summed E-state index contributed by atoms with van der Waals surface area (Å²) in [7, 11) is 0. The van der Waals surface area contributed by atoms with Gasteiger partial charge >= 0.3 is 0 Å². The number of carbonyl (C=O) groups excluding carboxylic acids is 1. The molecule has 1 aliphatic carbocycles. The summed E-state index contributed by atoms with van der Waals surface area (Å²) in [6, 6.07) is 25.6. The van der Waals surface area contributed by atoms with Crippen molar-refractivity contribution in [2.45, 2.75) is 64.7 Å². The Balaban J connectivity index is 1.15. The molecule has 0 spiro atoms. The molecule has 0 atom stereocenters. The second-order valence-corrected chi connectivity index (χ2v) is 13.7. The van der Waals surface area contributed by atoms with Crippen LogP contribution in [0, 0.1) is 12.3 Å². The van der Waals surface area contributed by atoms with Gasteiger partial charge in [0.05, 0.1) is 0 Å². The largest absolute Gasteiger partial charge is 0.369 e. The summed E-state index contributed by atoms with van der Waals surface area (Å²) in [6.45, 7) is 16.6. The maximum Gasteiger partial charge on any atom is 0.261 e. The van der Waals surface area contributed by atoms with Gasteiger partial charge in [-0.2, -0.15) is 0 Å². The average molecular weight is 568 g/mol. The van der Waals surface area contributed by atoms with Crippen LogP contribution in [0.4, 0.5) is 5.69 Å². The van der Waals surface area contributed by atoms with E-state index in [1.165, 1.54) is 53.6 Å². The minimum absolute atomic E-state index is 0.0626. The molecule has 3 aromatic carbocycles. The van der Waals surface area contributed by atoms with Crippen molar-refractivity contribution in [3.8, 4) is 0 Å². The zero-order chi connectivity index (χ0) is 29.0. The third kappa shape index (κ3) is 7.64. The molecule has 1 aliphatic heterocycles. The first kappa shape index (κ1) is 29.5. The monoisotopic (exact) mass is 567 g/mol. The molecule has 0 aromatic heterocycles. The van der Waals surface area contributed by atoms with Crippen molar-refractivity contribution >= 4 is 29.1 Å². The number of nitrogens with one attached hydrogen (secondary N) is 1. The highest BCUT2D eigenvalue weighted by Gasteiger charge is 2.29. The Bertz CT molecular complexity index is 1350. The molecular weight excluding hydrogens is 522 g/mol. The fourth-order valence-corrected chi connectivity index (χ4v) is 6.61. The van der Waals surface area contributed by atoms with Crippen LogP contribution in [0.1, 0.15) is 79.9 Å². The molecule has 1 saturated heterocycles. The average Bonchev–Trinajstić information content (AvgIpc) is 2.97. The Morgan fingerprint density at radius 3 is 2.20 bits per heavy atom. The van der Waals surface area contributed by atoms with Crippen molar-refractivity contribution in [1.29, 1.82) is 0 Å². The third-order valence-corrected chi connectivity index (χ3v) is 9.46. The molecule has 41 heavy (non-hydrogen) atoms. The zero-order valence-electron chi connectivity index (χ0n) is 25.4. The molecule has 4 nitrogen and oxygen atoms in total. The Hall–Kier alpha value is -3.02. The van der Waals surface area contributed by atoms with Gasteiger partial charge in [-0.3, -0.25) is 14.4 Å². The van der Waals surface area contributed by atoms with E-state index >= 15 is 0 Å². The van der Waals surface area contributed by atoms with Crippen molar-refractivity contribution in [2.24, 2.45) is 5.41 Å². The lowest BCUT2D eigenvalue weighted by Gasteiger charge is -2.39. The minimum Gasteiger partial charge on any atom is -0.369 e. The van der Waals surface area contributed by atoms with Gasteiger partial charge in [0.25, 0.3) is 5.91 Å². The molecule has 1 amide bonds. The molecule has 0 radical (unpaired) electrons. The van der Waals surface area contributed by atoms with E-state index in [0.29, 0.717) is 16.9 Å². The van der Waals surface area contributed by atoms with Crippen molar-refractivity contribution in [3.05, 3.63) is 101 Å². The number of hydrogen-bond acceptors (Lipinski definition) is 4. The molecule has 216 valence electrons. The van der Waals surface area contributed by atoms with E-state index in [0.717, 1.165) is 37.6 Å². The van der Waals surface area contributed by atoms with E-state index in [4.69, 9.17) is 0 Å². The molecule has 0 saturated carbocycles. The SMILES string of the molecule is Cc1ccc(C2=C(CN3CCN(c4ccc(C(=O)NSc5ccc(C(C)C)cc5)cc4)CC3)CC(C)(C)CC2)cc1. The Morgan fingerprint density at radius 2 is 1.56 bits per heavy atom. The van der Waals surface area contributed by atoms with E-state index in [-0.39, 0.29) is 5.91 Å². The van der Waals surface area contributed by atoms with Gasteiger partial charge in [0.2, 0.25) is 0 Å². The second-order valence-electron chi connectivity index (χ2n) is 12.9. The highest BCUT2D eigenvalue weighted by Crippen LogP contribution is 2.42. The summed E-state index contributed by atoms with van der Waals surface area (Å²) in [6.07, 6.45) is 3.61. The van der Waals surface area contributed by atoms with Crippen LogP contribution in [0.2, 0.25) is 0 Å². The van der Waals surface area contributed by atoms with E-state index in [1.807, 2.05) is 12.1 Å². The number of allylic oxidation sites excluding steroid dienone is 1. The first-order chi connectivity index (χ1) is 19.7. The second kappa shape index (κ2) is 12.9. The predicted octanol–water partition coefficient (Wildman–Crippen LogP) is 8.34. The summed E-state index contributed by atoms with van der Waals surface area (Å²) in [4.78, 5) is 18.9. The summed E-state index contributed by atoms with van der Waals surface area (Å²) < 4.78 is 2.98. The van der Waals surface area contributed by atoms with Crippen LogP contribution >= 0.6 is 11.9 Å². The van der Waals surface area contributed by atoms with Crippen molar-refractivity contribution in [1.82, 2.24) is 9.62 Å². The van der Waals surface area contributed by atoms with Crippen LogP contribution in [-0.4, -0.2) is 43.5 Å². The highest BCUT2D eigenvalue weighted by molar-refractivity contribution is 7.98. The van der Waals surface area contributed by atoms with Crippen molar-refractivity contribution in [2.75, 3.05) is 37.6 Å². The number of amides is 1. The van der Waals surface area contributed by atoms with Crippen LogP contribution in [-0.2, 0) is 0 Å². The number of hydrogen-bond donors (Lipinski definition) is 1. The van der Waals surface area contributed by atoms with Crippen molar-refractivity contribution in [3.63, 3.8) is 0 Å². The number of rotatable bonds is 8. The quantitative estimate of drug-likeness (QED) is 0.278. The number of benzene rings is 3. The van der Waals surface area contributed by atoms with Crippen molar-refractivity contribution < 1.29 is 4.79 Å². The maximum absolute atomic E-state index is 12.7. The molecule has 1 fully saturated rings. The van der Waals surface area contributed by atoms with Gasteiger partial charge in [-0.1, -0.05) is 75.2 Å². The van der Waals surface area contributed by atoms with E-state index in [1.54, 1.807) is 11.1 Å². The normalized spacial score (nSPS) is 17.7. The molecule has 2 aliphatic rings. The lowest BCUT2D eigenvalue weighted by atomic mass is 9.72. The van der Waals surface area contributed by atoms with Gasteiger partial charge in [-0.05, 0) is 103 Å². The maximum atomic E-state index is 12.7. The fourth-order valence-electron chi connectivity index (χ4n) is 6.01. The summed E-state index contributed by atoms with van der Waals surface area (Å²) in [5.74, 6) is 0.441. The molecule has 0 bridgehead atoms. The first-order valence-corrected chi connectivity index (χ1v) is 15.9. The van der Waals surface area contributed by atoms with Gasteiger partial charge in [0, 0.05) is 48.9 Å². The summed E-state index contributed by atoms with van der Waals surface area (Å²) in [5.41, 5.74) is 9.49. The van der Waals surface area contributed by atoms with Crippen LogP contribution in [0.3, 0.4) is 0 Å². The number of piperazine rings is 1. The predicted molar refractivity (Wildman–Crippen MR) is 175 cm³/mol. The van der Waals surface area contributed by atoms with Crippen LogP contribution in [0.5, 0.6) is 0 Å². The summed E-state index contributed by atoms with van der Waals surface area (Å²) in [5, 5.41) is 0. The molecule has 0 unspecified atom stereocenters. The molecule has 5 rings (SSSR count). The summed E-state index contributed by atoms with van der Waals surface area (Å²) >= 11 is 1.37. The Kier molecular flexibility index (Phi) is 9.25. The topological polar surface area (TPSA) is 35.6 Å². The van der Waals surface area contributed by atoms with Gasteiger partial charge in [-0.15, -0.1) is 0 Å². The number of aryl methyl sites for hydroxylation is 1. The lowest BCUT2D eigenvalue weighted by Crippen LogP contribution is -2.47. The smallest absolute Gasteiger partial charge is 0.261 e. The van der Waals surface area contributed by atoms with Gasteiger partial charge < -0.3 is 4.90 Å². The number of anilines is 1. The molecule has 1 N–H and O–H groups in total. The number of nitrogens with zero attached hydrogens (tertiary/aromatic N) is 2. The van der Waals surface area contributed by atoms with Gasteiger partial charge in [0.1, 0.15) is 0 Å². The van der Waals surface area contributed by atoms with Crippen LogP contribution in [0.25, 0.3) is 5.57 Å². The van der Waals surface area contributed by atoms with E-state index in [2.05, 4.69) is 110 Å². The fraction of sp³-hybridized carbons (Fsp3) is 0.417. The lowest BCUT2D eigenvalue weighted by molar-refractivity contribution is 0.0984. The highest BCUT2D eigenvalue weighted by atomic mass is 32.2. The molecule has 5 heteroatoms. The molecule has 3 aromatic rings. The standard InChI is InChI=1S/C36H45N3OS/c1-26(2)28-12-16-33(17-13-28)41-37-35(40)30-10-14-32(15-11-30)39-22-20-38(21-23-39)25-31-24-36(4,5)19-18-34(31)29-8-6-27(3)7-9-29/h6-17,26H,18-25H2,1-5H3,(H,37,40). The van der Waals surface area contributed by atoms with Crippen LogP contribution in [0.15, 0.2) is 83.3 Å². The minimum atomic E-state index is -0.0626. The van der Waals surface area contributed by atoms with Gasteiger partial charge in [-0.25, -0.2) is 0 Å². The zero-order valence-corrected chi connectivity index (χ0v) is 26.2. The molecule has 1 heterocycles. The molecular formula is C36H45N3OS. The van der Waals surface area contributed by atoms with E-state index < -0.39 is 0 Å². The Morgan fingerprint density at radius 1 is 0.902 bits per heavy atom. The number of carbonyl (C=O) groups is 1.